The van der Waals surface area contributed by atoms with E-state index in [1.807, 2.05) is 0 Å². The van der Waals surface area contributed by atoms with Crippen molar-refractivity contribution in [3.63, 3.8) is 0 Å². The summed E-state index contributed by atoms with van der Waals surface area (Å²) in [6, 6.07) is 43.1. The maximum atomic E-state index is 4.85. The van der Waals surface area contributed by atoms with Gasteiger partial charge >= 0.3 is 34.5 Å². The van der Waals surface area contributed by atoms with Gasteiger partial charge in [-0.05, 0) is 84.5 Å². The fraction of sp³-hybridized carbons (Fsp3) is 0.111. The molecule has 0 saturated heterocycles. The van der Waals surface area contributed by atoms with Crippen LogP contribution in [0.5, 0.6) is 0 Å². The Bertz CT molecular complexity index is 1180. The van der Waals surface area contributed by atoms with Gasteiger partial charge in [-0.3, -0.25) is 0 Å². The summed E-state index contributed by atoms with van der Waals surface area (Å²) in [6.45, 7) is 6.54. The summed E-state index contributed by atoms with van der Waals surface area (Å²) in [5, 5.41) is 4.10. The predicted molar refractivity (Wildman–Crippen MR) is 176 cm³/mol. The molecule has 1 fully saturated rings. The van der Waals surface area contributed by atoms with Gasteiger partial charge in [-0.25, -0.2) is 0 Å². The van der Waals surface area contributed by atoms with Gasteiger partial charge in [-0.2, -0.15) is 0 Å². The Morgan fingerprint density at radius 3 is 1.45 bits per heavy atom. The zero-order chi connectivity index (χ0) is 28.6. The van der Waals surface area contributed by atoms with Crippen LogP contribution in [0.3, 0.4) is 0 Å². The predicted octanol–water partition coefficient (Wildman–Crippen LogP) is 10.3. The molecule has 4 heteroatoms. The zero-order valence-electron chi connectivity index (χ0n) is 23.1. The van der Waals surface area contributed by atoms with Crippen LogP contribution in [0.1, 0.15) is 31.9 Å². The molecule has 0 amide bonds. The number of hydrogen-bond acceptors (Lipinski definition) is 0. The van der Waals surface area contributed by atoms with Crippen molar-refractivity contribution < 1.29 is 15.1 Å². The summed E-state index contributed by atoms with van der Waals surface area (Å²) in [7, 11) is 9.05. The van der Waals surface area contributed by atoms with Gasteiger partial charge < -0.3 is 0 Å². The van der Waals surface area contributed by atoms with Crippen LogP contribution in [0.15, 0.2) is 121 Å². The maximum absolute atomic E-state index is 4.85. The van der Waals surface area contributed by atoms with Gasteiger partial charge in [0.05, 0.1) is 0 Å². The molecule has 0 spiro atoms. The molecule has 0 aromatic heterocycles. The fourth-order valence-corrected chi connectivity index (χ4v) is 6.61. The standard InChI is InChI=1S/C26H21P.C10H14.2ClH.Ru/c1-5-13-22(14-6-1)21-26(23-15-7-2-8-16-23)27(24-17-9-3-10-18-24)25-19-11-4-12-20-25;1-8(2)10-6-4-9(3)5-7-10;;;/h1-21H;4-8H,1-3H3;2*1H;/q;;;;+2/p-2/b26-21+;;;;. The first-order chi connectivity index (χ1) is 19.5. The van der Waals surface area contributed by atoms with Crippen molar-refractivity contribution in [2.24, 2.45) is 5.92 Å². The van der Waals surface area contributed by atoms with Crippen molar-refractivity contribution in [2.45, 2.75) is 20.8 Å². The average molecular weight is 671 g/mol. The Morgan fingerprint density at radius 2 is 1.02 bits per heavy atom. The van der Waals surface area contributed by atoms with Crippen molar-refractivity contribution in [1.29, 1.82) is 0 Å². The monoisotopic (exact) mass is 670 g/mol. The third kappa shape index (κ3) is 10.9. The van der Waals surface area contributed by atoms with Crippen LogP contribution < -0.4 is 10.6 Å². The van der Waals surface area contributed by atoms with Gasteiger partial charge in [0.1, 0.15) is 0 Å². The minimum atomic E-state index is -0.653. The summed E-state index contributed by atoms with van der Waals surface area (Å²) in [6.07, 6.45) is 11.1. The van der Waals surface area contributed by atoms with E-state index in [0.717, 1.165) is 0 Å². The normalized spacial score (nSPS) is 14.3. The topological polar surface area (TPSA) is 0 Å². The van der Waals surface area contributed by atoms with E-state index >= 15 is 0 Å². The molecule has 4 aromatic rings. The van der Waals surface area contributed by atoms with Crippen molar-refractivity contribution in [3.05, 3.63) is 170 Å². The van der Waals surface area contributed by atoms with E-state index in [9.17, 15) is 0 Å². The molecule has 0 unspecified atom stereocenters. The minimum absolute atomic E-state index is 0.346. The molecule has 1 aliphatic rings. The number of benzene rings is 4. The van der Waals surface area contributed by atoms with Crippen molar-refractivity contribution >= 4 is 49.3 Å². The molecule has 206 valence electrons. The van der Waals surface area contributed by atoms with Gasteiger partial charge in [0.15, 0.2) is 0 Å². The quantitative estimate of drug-likeness (QED) is 0.109. The second-order valence-corrected chi connectivity index (χ2v) is 14.3. The molecular weight excluding hydrogens is 635 g/mol. The number of rotatable bonds is 6. The van der Waals surface area contributed by atoms with Gasteiger partial charge in [0.2, 0.25) is 0 Å². The first kappa shape index (κ1) is 32.8. The molecule has 0 aliphatic heterocycles. The second kappa shape index (κ2) is 18.6. The van der Waals surface area contributed by atoms with E-state index in [-0.39, 0.29) is 15.1 Å². The molecule has 1 aliphatic carbocycles. The molecule has 1 saturated carbocycles. The second-order valence-electron chi connectivity index (χ2n) is 9.43. The molecule has 0 nitrogen and oxygen atoms in total. The van der Waals surface area contributed by atoms with E-state index < -0.39 is 7.92 Å². The third-order valence-electron chi connectivity index (χ3n) is 6.19. The Hall–Kier alpha value is -1.75. The van der Waals surface area contributed by atoms with Crippen LogP contribution in [0.2, 0.25) is 0 Å². The number of hydrogen-bond donors (Lipinski definition) is 0. The third-order valence-corrected chi connectivity index (χ3v) is 8.68. The number of halogens is 2. The van der Waals surface area contributed by atoms with E-state index in [0.29, 0.717) is 5.92 Å². The molecular formula is C36H35Cl2PRu. The molecule has 5 rings (SSSR count). The zero-order valence-corrected chi connectivity index (χ0v) is 27.2. The molecule has 4 aromatic carbocycles. The Morgan fingerprint density at radius 1 is 0.625 bits per heavy atom. The molecule has 40 heavy (non-hydrogen) atoms. The fourth-order valence-electron chi connectivity index (χ4n) is 4.13. The average Bonchev–Trinajstić information content (AvgIpc) is 3.00. The van der Waals surface area contributed by atoms with Gasteiger partial charge in [-0.1, -0.05) is 142 Å². The summed E-state index contributed by atoms with van der Waals surface area (Å²) >= 11 is -0.346. The Balaban J connectivity index is 0.000000283. The van der Waals surface area contributed by atoms with Crippen molar-refractivity contribution in [3.8, 4) is 0 Å². The van der Waals surface area contributed by atoms with E-state index in [4.69, 9.17) is 19.4 Å². The molecule has 0 bridgehead atoms. The summed E-state index contributed by atoms with van der Waals surface area (Å²) in [5.74, 6) is 3.41. The van der Waals surface area contributed by atoms with Crippen molar-refractivity contribution in [2.75, 3.05) is 0 Å². The molecule has 0 N–H and O–H groups in total. The van der Waals surface area contributed by atoms with Gasteiger partial charge in [0.25, 0.3) is 0 Å². The summed E-state index contributed by atoms with van der Waals surface area (Å²) in [4.78, 5) is 0. The molecule has 0 heterocycles. The van der Waals surface area contributed by atoms with Crippen LogP contribution in [-0.4, -0.2) is 0 Å². The summed E-state index contributed by atoms with van der Waals surface area (Å²) in [5.41, 5.74) is 2.51. The van der Waals surface area contributed by atoms with Crippen LogP contribution in [0.4, 0.5) is 0 Å². The van der Waals surface area contributed by atoms with Crippen molar-refractivity contribution in [1.82, 2.24) is 0 Å². The first-order valence-electron chi connectivity index (χ1n) is 13.2. The van der Waals surface area contributed by atoms with Crippen LogP contribution in [-0.2, 0) is 15.1 Å². The Labute approximate surface area is 259 Å². The first-order valence-corrected chi connectivity index (χ1v) is 19.0. The van der Waals surface area contributed by atoms with Gasteiger partial charge in [0, 0.05) is 0 Å². The summed E-state index contributed by atoms with van der Waals surface area (Å²) < 4.78 is 0. The van der Waals surface area contributed by atoms with Crippen LogP contribution >= 0.6 is 27.3 Å². The van der Waals surface area contributed by atoms with E-state index in [1.54, 1.807) is 0 Å². The van der Waals surface area contributed by atoms with Crippen LogP contribution in [0.25, 0.3) is 11.4 Å². The van der Waals surface area contributed by atoms with Gasteiger partial charge in [-0.15, -0.1) is 0 Å². The van der Waals surface area contributed by atoms with E-state index in [2.05, 4.69) is 174 Å². The SMILES string of the molecule is C(=C(/c1ccccc1)P(c1ccccc1)c1ccccc1)/c1ccccc1.C[C]1[CH][CH][C](C(C)C)[CH][CH]1.[Cl][Ru][Cl]. The van der Waals surface area contributed by atoms with E-state index in [1.165, 1.54) is 38.9 Å². The Kier molecular flexibility index (Phi) is 15.3. The van der Waals surface area contributed by atoms with Crippen LogP contribution in [0, 0.1) is 43.4 Å². The molecule has 6 radical (unpaired) electrons. The molecule has 0 atom stereocenters.